The number of fused-ring (bicyclic) bond motifs is 1. The van der Waals surface area contributed by atoms with E-state index in [4.69, 9.17) is 14.6 Å². The molecule has 3 aromatic rings. The minimum Gasteiger partial charge on any atom is -0.479 e. The van der Waals surface area contributed by atoms with Gasteiger partial charge in [-0.05, 0) is 13.3 Å². The third-order valence-electron chi connectivity index (χ3n) is 4.53. The second-order valence-corrected chi connectivity index (χ2v) is 6.07. The second kappa shape index (κ2) is 6.87. The van der Waals surface area contributed by atoms with Gasteiger partial charge in [-0.1, -0.05) is 0 Å². The van der Waals surface area contributed by atoms with Crippen LogP contribution in [-0.2, 0) is 24.1 Å². The van der Waals surface area contributed by atoms with Crippen LogP contribution in [0.25, 0.3) is 16.9 Å². The molecule has 0 atom stereocenters. The fourth-order valence-corrected chi connectivity index (χ4v) is 3.24. The van der Waals surface area contributed by atoms with E-state index >= 15 is 0 Å². The SMILES string of the molecule is CCn1cc(-c2nn(-c3cnc(OC)c(F)c3)c3c2CCOCC3)cn1. The van der Waals surface area contributed by atoms with Gasteiger partial charge in [0, 0.05) is 36.4 Å². The molecule has 0 saturated carbocycles. The van der Waals surface area contributed by atoms with Crippen molar-refractivity contribution in [3.63, 3.8) is 0 Å². The van der Waals surface area contributed by atoms with Crippen LogP contribution in [0.2, 0.25) is 0 Å². The Morgan fingerprint density at radius 1 is 1.27 bits per heavy atom. The third kappa shape index (κ3) is 2.86. The average Bonchev–Trinajstić information content (AvgIpc) is 3.19. The van der Waals surface area contributed by atoms with Gasteiger partial charge in [0.25, 0.3) is 0 Å². The predicted octanol–water partition coefficient (Wildman–Crippen LogP) is 2.41. The first kappa shape index (κ1) is 16.7. The number of aromatic nitrogens is 5. The molecule has 0 N–H and O–H groups in total. The van der Waals surface area contributed by atoms with Crippen LogP contribution in [0.3, 0.4) is 0 Å². The molecule has 1 aliphatic heterocycles. The van der Waals surface area contributed by atoms with Crippen molar-refractivity contribution in [1.29, 1.82) is 0 Å². The highest BCUT2D eigenvalue weighted by Crippen LogP contribution is 2.30. The topological polar surface area (TPSA) is 67.0 Å². The molecule has 0 unspecified atom stereocenters. The molecule has 26 heavy (non-hydrogen) atoms. The number of nitrogens with zero attached hydrogens (tertiary/aromatic N) is 5. The number of aryl methyl sites for hydroxylation is 1. The lowest BCUT2D eigenvalue weighted by Crippen LogP contribution is -2.06. The van der Waals surface area contributed by atoms with E-state index in [0.29, 0.717) is 25.3 Å². The summed E-state index contributed by atoms with van der Waals surface area (Å²) in [7, 11) is 1.39. The van der Waals surface area contributed by atoms with E-state index in [9.17, 15) is 4.39 Å². The molecule has 0 bridgehead atoms. The zero-order chi connectivity index (χ0) is 18.1. The summed E-state index contributed by atoms with van der Waals surface area (Å²) in [5.74, 6) is -0.542. The molecular formula is C18H20FN5O2. The number of hydrogen-bond donors (Lipinski definition) is 0. The highest BCUT2D eigenvalue weighted by molar-refractivity contribution is 5.64. The number of rotatable bonds is 4. The van der Waals surface area contributed by atoms with E-state index in [1.165, 1.54) is 13.2 Å². The number of methoxy groups -OCH3 is 1. The second-order valence-electron chi connectivity index (χ2n) is 6.07. The van der Waals surface area contributed by atoms with Crippen LogP contribution in [-0.4, -0.2) is 44.9 Å². The fraction of sp³-hybridized carbons (Fsp3) is 0.389. The third-order valence-corrected chi connectivity index (χ3v) is 4.53. The van der Waals surface area contributed by atoms with Crippen LogP contribution in [0.5, 0.6) is 5.88 Å². The lowest BCUT2D eigenvalue weighted by atomic mass is 10.1. The summed E-state index contributed by atoms with van der Waals surface area (Å²) >= 11 is 0. The Kier molecular flexibility index (Phi) is 4.42. The molecule has 0 aliphatic carbocycles. The maximum absolute atomic E-state index is 14.2. The van der Waals surface area contributed by atoms with Gasteiger partial charge < -0.3 is 9.47 Å². The zero-order valence-electron chi connectivity index (χ0n) is 14.8. The van der Waals surface area contributed by atoms with Crippen molar-refractivity contribution < 1.29 is 13.9 Å². The predicted molar refractivity (Wildman–Crippen MR) is 93.0 cm³/mol. The van der Waals surface area contributed by atoms with Gasteiger partial charge in [-0.15, -0.1) is 0 Å². The molecule has 1 aliphatic rings. The number of hydrogen-bond acceptors (Lipinski definition) is 5. The van der Waals surface area contributed by atoms with Gasteiger partial charge in [-0.3, -0.25) is 4.68 Å². The van der Waals surface area contributed by atoms with Gasteiger partial charge >= 0.3 is 0 Å². The summed E-state index contributed by atoms with van der Waals surface area (Å²) in [6, 6.07) is 1.39. The normalized spacial score (nSPS) is 14.1. The Hall–Kier alpha value is -2.74. The average molecular weight is 357 g/mol. The van der Waals surface area contributed by atoms with Gasteiger partial charge in [0.2, 0.25) is 5.88 Å². The first-order valence-electron chi connectivity index (χ1n) is 8.62. The monoisotopic (exact) mass is 357 g/mol. The summed E-state index contributed by atoms with van der Waals surface area (Å²) in [4.78, 5) is 4.04. The van der Waals surface area contributed by atoms with Crippen molar-refractivity contribution in [2.24, 2.45) is 0 Å². The number of pyridine rings is 1. The molecule has 0 aromatic carbocycles. The van der Waals surface area contributed by atoms with Crippen molar-refractivity contribution in [1.82, 2.24) is 24.5 Å². The van der Waals surface area contributed by atoms with Gasteiger partial charge in [-0.25, -0.2) is 14.1 Å². The van der Waals surface area contributed by atoms with E-state index < -0.39 is 5.82 Å². The van der Waals surface area contributed by atoms with Crippen molar-refractivity contribution in [2.45, 2.75) is 26.3 Å². The van der Waals surface area contributed by atoms with E-state index in [1.54, 1.807) is 10.9 Å². The van der Waals surface area contributed by atoms with E-state index in [0.717, 1.165) is 35.5 Å². The molecule has 0 radical (unpaired) electrons. The van der Waals surface area contributed by atoms with Crippen molar-refractivity contribution in [2.75, 3.05) is 20.3 Å². The van der Waals surface area contributed by atoms with Crippen LogP contribution in [0.1, 0.15) is 18.2 Å². The highest BCUT2D eigenvalue weighted by Gasteiger charge is 2.23. The standard InChI is InChI=1S/C18H20FN5O2/c1-3-23-11-12(9-21-23)17-14-4-6-26-7-5-16(14)24(22-17)13-8-15(19)18(25-2)20-10-13/h8-11H,3-7H2,1-2H3. The Balaban J connectivity index is 1.86. The number of ether oxygens (including phenoxy) is 2. The molecule has 7 nitrogen and oxygen atoms in total. The summed E-state index contributed by atoms with van der Waals surface area (Å²) in [6.45, 7) is 4.08. The molecule has 0 amide bonds. The quantitative estimate of drug-likeness (QED) is 0.717. The Morgan fingerprint density at radius 2 is 2.12 bits per heavy atom. The van der Waals surface area contributed by atoms with E-state index in [1.807, 2.05) is 24.0 Å². The minimum absolute atomic E-state index is 0.0280. The van der Waals surface area contributed by atoms with Crippen molar-refractivity contribution in [3.8, 4) is 22.8 Å². The molecule has 0 saturated heterocycles. The fourth-order valence-electron chi connectivity index (χ4n) is 3.24. The Labute approximate surface area is 150 Å². The molecule has 0 spiro atoms. The van der Waals surface area contributed by atoms with Crippen LogP contribution in [0.15, 0.2) is 24.7 Å². The summed E-state index contributed by atoms with van der Waals surface area (Å²) in [5.41, 5.74) is 4.52. The maximum Gasteiger partial charge on any atom is 0.250 e. The molecule has 0 fully saturated rings. The van der Waals surface area contributed by atoms with Crippen LogP contribution < -0.4 is 4.74 Å². The van der Waals surface area contributed by atoms with Gasteiger partial charge in [0.05, 0.1) is 49.8 Å². The first-order chi connectivity index (χ1) is 12.7. The van der Waals surface area contributed by atoms with Crippen molar-refractivity contribution in [3.05, 3.63) is 41.7 Å². The van der Waals surface area contributed by atoms with E-state index in [-0.39, 0.29) is 5.88 Å². The summed E-state index contributed by atoms with van der Waals surface area (Å²) in [5, 5.41) is 9.13. The molecule has 8 heteroatoms. The summed E-state index contributed by atoms with van der Waals surface area (Å²) < 4.78 is 28.3. The summed E-state index contributed by atoms with van der Waals surface area (Å²) in [6.07, 6.45) is 6.83. The molecule has 4 heterocycles. The van der Waals surface area contributed by atoms with Crippen LogP contribution in [0, 0.1) is 5.82 Å². The number of halogens is 1. The molecular weight excluding hydrogens is 337 g/mol. The van der Waals surface area contributed by atoms with Gasteiger partial charge in [-0.2, -0.15) is 10.2 Å². The largest absolute Gasteiger partial charge is 0.479 e. The maximum atomic E-state index is 14.2. The highest BCUT2D eigenvalue weighted by atomic mass is 19.1. The van der Waals surface area contributed by atoms with Crippen LogP contribution in [0.4, 0.5) is 4.39 Å². The smallest absolute Gasteiger partial charge is 0.250 e. The van der Waals surface area contributed by atoms with Gasteiger partial charge in [0.15, 0.2) is 5.82 Å². The van der Waals surface area contributed by atoms with Gasteiger partial charge in [0.1, 0.15) is 0 Å². The molecule has 136 valence electrons. The zero-order valence-corrected chi connectivity index (χ0v) is 14.8. The van der Waals surface area contributed by atoms with E-state index in [2.05, 4.69) is 10.1 Å². The first-order valence-corrected chi connectivity index (χ1v) is 8.62. The molecule has 4 rings (SSSR count). The Bertz CT molecular complexity index is 934. The lowest BCUT2D eigenvalue weighted by molar-refractivity contribution is 0.145. The minimum atomic E-state index is -0.514. The van der Waals surface area contributed by atoms with Crippen molar-refractivity contribution >= 4 is 0 Å². The molecule has 3 aromatic heterocycles. The lowest BCUT2D eigenvalue weighted by Gasteiger charge is -2.08. The van der Waals surface area contributed by atoms with Crippen LogP contribution >= 0.6 is 0 Å². The Morgan fingerprint density at radius 3 is 2.85 bits per heavy atom.